The third-order valence-corrected chi connectivity index (χ3v) is 7.24. The Bertz CT molecular complexity index is 1180. The number of thioether (sulfide) groups is 1. The topological polar surface area (TPSA) is 95.3 Å². The van der Waals surface area contributed by atoms with Crippen LogP contribution in [0.4, 0.5) is 5.00 Å². The van der Waals surface area contributed by atoms with Gasteiger partial charge in [0.1, 0.15) is 10.8 Å². The van der Waals surface area contributed by atoms with E-state index in [-0.39, 0.29) is 11.7 Å². The van der Waals surface area contributed by atoms with E-state index in [1.54, 1.807) is 25.3 Å². The predicted molar refractivity (Wildman–Crippen MR) is 132 cm³/mol. The van der Waals surface area contributed by atoms with Gasteiger partial charge < -0.3 is 19.4 Å². The van der Waals surface area contributed by atoms with E-state index >= 15 is 0 Å². The number of rotatable bonds is 9. The first-order chi connectivity index (χ1) is 15.8. The molecule has 1 amide bonds. The molecule has 0 saturated heterocycles. The third-order valence-electron chi connectivity index (χ3n) is 4.97. The molecule has 0 radical (unpaired) electrons. The van der Waals surface area contributed by atoms with E-state index in [4.69, 9.17) is 21.1 Å². The monoisotopic (exact) mass is 508 g/mol. The lowest BCUT2D eigenvalue weighted by molar-refractivity contribution is -0.113. The van der Waals surface area contributed by atoms with Gasteiger partial charge in [0.05, 0.1) is 31.1 Å². The van der Waals surface area contributed by atoms with Gasteiger partial charge in [-0.15, -0.1) is 21.5 Å². The molecule has 2 aromatic heterocycles. The first-order valence-corrected chi connectivity index (χ1v) is 12.4. The van der Waals surface area contributed by atoms with Crippen molar-refractivity contribution in [2.45, 2.75) is 38.9 Å². The van der Waals surface area contributed by atoms with Crippen molar-refractivity contribution >= 4 is 51.6 Å². The highest BCUT2D eigenvalue weighted by Crippen LogP contribution is 2.35. The zero-order valence-electron chi connectivity index (χ0n) is 19.0. The molecule has 3 rings (SSSR count). The first-order valence-electron chi connectivity index (χ1n) is 10.2. The van der Waals surface area contributed by atoms with Crippen molar-refractivity contribution in [3.05, 3.63) is 39.2 Å². The number of esters is 1. The molecule has 1 N–H and O–H groups in total. The number of hydrogen-bond acceptors (Lipinski definition) is 8. The average Bonchev–Trinajstić information content (AvgIpc) is 3.36. The second-order valence-corrected chi connectivity index (χ2v) is 9.52. The van der Waals surface area contributed by atoms with Gasteiger partial charge in [-0.1, -0.05) is 30.3 Å². The number of anilines is 1. The molecule has 0 spiro atoms. The Balaban J connectivity index is 1.79. The fraction of sp³-hybridized carbons (Fsp3) is 0.364. The molecule has 8 nitrogen and oxygen atoms in total. The Morgan fingerprint density at radius 1 is 1.24 bits per heavy atom. The summed E-state index contributed by atoms with van der Waals surface area (Å²) in [5.74, 6) is 0.635. The van der Waals surface area contributed by atoms with Crippen LogP contribution >= 0.6 is 34.7 Å². The number of amides is 1. The SMILES string of the molecule is CCc1c(C)sc(NC(=O)CSc2nnc(-c3cc(Cl)ccc3OC)n2CC)c1C(=O)OC. The van der Waals surface area contributed by atoms with Crippen LogP contribution in [0, 0.1) is 6.92 Å². The standard InChI is InChI=1S/C22H25ClN4O4S2/c1-6-14-12(3)33-20(18(14)21(29)31-5)24-17(28)11-32-22-26-25-19(27(22)7-2)15-10-13(23)8-9-16(15)30-4/h8-10H,6-7,11H2,1-5H3,(H,24,28). The maximum Gasteiger partial charge on any atom is 0.341 e. The van der Waals surface area contributed by atoms with Crippen LogP contribution in [0.15, 0.2) is 23.4 Å². The minimum absolute atomic E-state index is 0.101. The van der Waals surface area contributed by atoms with Gasteiger partial charge in [-0.2, -0.15) is 0 Å². The maximum atomic E-state index is 12.7. The van der Waals surface area contributed by atoms with E-state index in [2.05, 4.69) is 15.5 Å². The number of hydrogen-bond donors (Lipinski definition) is 1. The number of aryl methyl sites for hydroxylation is 1. The number of nitrogens with zero attached hydrogens (tertiary/aromatic N) is 3. The predicted octanol–water partition coefficient (Wildman–Crippen LogP) is 5.08. The number of benzene rings is 1. The van der Waals surface area contributed by atoms with Crippen molar-refractivity contribution in [1.82, 2.24) is 14.8 Å². The maximum absolute atomic E-state index is 12.7. The van der Waals surface area contributed by atoms with Crippen LogP contribution in [-0.2, 0) is 22.5 Å². The van der Waals surface area contributed by atoms with Crippen LogP contribution in [0.3, 0.4) is 0 Å². The molecule has 3 aromatic rings. The highest BCUT2D eigenvalue weighted by Gasteiger charge is 2.24. The van der Waals surface area contributed by atoms with Gasteiger partial charge in [0.2, 0.25) is 5.91 Å². The highest BCUT2D eigenvalue weighted by atomic mass is 35.5. The van der Waals surface area contributed by atoms with Crippen LogP contribution < -0.4 is 10.1 Å². The van der Waals surface area contributed by atoms with E-state index in [0.717, 1.165) is 16.0 Å². The number of halogens is 1. The highest BCUT2D eigenvalue weighted by molar-refractivity contribution is 7.99. The van der Waals surface area contributed by atoms with Crippen molar-refractivity contribution in [2.24, 2.45) is 0 Å². The van der Waals surface area contributed by atoms with Gasteiger partial charge in [0, 0.05) is 16.4 Å². The van der Waals surface area contributed by atoms with E-state index in [0.29, 0.717) is 45.3 Å². The molecule has 0 bridgehead atoms. The molecular formula is C22H25ClN4O4S2. The lowest BCUT2D eigenvalue weighted by atomic mass is 10.1. The Hall–Kier alpha value is -2.56. The molecule has 11 heteroatoms. The summed E-state index contributed by atoms with van der Waals surface area (Å²) in [5.41, 5.74) is 2.04. The molecule has 0 atom stereocenters. The number of nitrogens with one attached hydrogen (secondary N) is 1. The molecule has 0 aliphatic rings. The summed E-state index contributed by atoms with van der Waals surface area (Å²) in [7, 11) is 2.92. The minimum Gasteiger partial charge on any atom is -0.496 e. The quantitative estimate of drug-likeness (QED) is 0.318. The molecule has 176 valence electrons. The molecule has 0 fully saturated rings. The Morgan fingerprint density at radius 2 is 2.00 bits per heavy atom. The van der Waals surface area contributed by atoms with Gasteiger partial charge in [-0.25, -0.2) is 4.79 Å². The van der Waals surface area contributed by atoms with E-state index in [9.17, 15) is 9.59 Å². The van der Waals surface area contributed by atoms with Crippen molar-refractivity contribution < 1.29 is 19.1 Å². The number of aromatic nitrogens is 3. The Morgan fingerprint density at radius 3 is 2.64 bits per heavy atom. The number of thiophene rings is 1. The second-order valence-electron chi connectivity index (χ2n) is 6.92. The molecule has 2 heterocycles. The molecule has 0 unspecified atom stereocenters. The van der Waals surface area contributed by atoms with E-state index < -0.39 is 5.97 Å². The van der Waals surface area contributed by atoms with Crippen molar-refractivity contribution in [1.29, 1.82) is 0 Å². The van der Waals surface area contributed by atoms with E-state index in [1.165, 1.54) is 30.2 Å². The second kappa shape index (κ2) is 11.0. The third kappa shape index (κ3) is 5.34. The Kier molecular flexibility index (Phi) is 8.39. The number of carbonyl (C=O) groups is 2. The van der Waals surface area contributed by atoms with Crippen molar-refractivity contribution in [3.63, 3.8) is 0 Å². The van der Waals surface area contributed by atoms with Crippen molar-refractivity contribution in [2.75, 3.05) is 25.3 Å². The molecule has 0 saturated carbocycles. The average molecular weight is 509 g/mol. The first kappa shape index (κ1) is 25.1. The zero-order chi connectivity index (χ0) is 24.1. The van der Waals surface area contributed by atoms with Crippen LogP contribution in [0.1, 0.15) is 34.6 Å². The zero-order valence-corrected chi connectivity index (χ0v) is 21.4. The summed E-state index contributed by atoms with van der Waals surface area (Å²) in [6.45, 7) is 6.46. The van der Waals surface area contributed by atoms with Gasteiger partial charge in [-0.05, 0) is 44.0 Å². The summed E-state index contributed by atoms with van der Waals surface area (Å²) in [5, 5.41) is 13.1. The minimum atomic E-state index is -0.454. The summed E-state index contributed by atoms with van der Waals surface area (Å²) in [6, 6.07) is 5.30. The van der Waals surface area contributed by atoms with Gasteiger partial charge in [-0.3, -0.25) is 4.79 Å². The van der Waals surface area contributed by atoms with Crippen LogP contribution in [-0.4, -0.2) is 46.6 Å². The number of methoxy groups -OCH3 is 2. The van der Waals surface area contributed by atoms with Gasteiger partial charge in [0.25, 0.3) is 0 Å². The molecule has 1 aromatic carbocycles. The van der Waals surface area contributed by atoms with Gasteiger partial charge >= 0.3 is 5.97 Å². The summed E-state index contributed by atoms with van der Waals surface area (Å²) in [6.07, 6.45) is 0.673. The Labute approximate surface area is 205 Å². The molecule has 0 aliphatic carbocycles. The smallest absolute Gasteiger partial charge is 0.341 e. The fourth-order valence-electron chi connectivity index (χ4n) is 3.44. The van der Waals surface area contributed by atoms with Crippen molar-refractivity contribution in [3.8, 4) is 17.1 Å². The fourth-order valence-corrected chi connectivity index (χ4v) is 5.56. The lowest BCUT2D eigenvalue weighted by Crippen LogP contribution is -2.16. The summed E-state index contributed by atoms with van der Waals surface area (Å²) >= 11 is 8.80. The largest absolute Gasteiger partial charge is 0.496 e. The summed E-state index contributed by atoms with van der Waals surface area (Å²) in [4.78, 5) is 26.0. The van der Waals surface area contributed by atoms with Gasteiger partial charge in [0.15, 0.2) is 11.0 Å². The van der Waals surface area contributed by atoms with Crippen LogP contribution in [0.25, 0.3) is 11.4 Å². The number of carbonyl (C=O) groups excluding carboxylic acids is 2. The number of ether oxygens (including phenoxy) is 2. The van der Waals surface area contributed by atoms with Crippen LogP contribution in [0.5, 0.6) is 5.75 Å². The normalized spacial score (nSPS) is 10.8. The van der Waals surface area contributed by atoms with Crippen LogP contribution in [0.2, 0.25) is 5.02 Å². The summed E-state index contributed by atoms with van der Waals surface area (Å²) < 4.78 is 12.3. The molecule has 33 heavy (non-hydrogen) atoms. The molecular weight excluding hydrogens is 484 g/mol. The lowest BCUT2D eigenvalue weighted by Gasteiger charge is -2.11. The van der Waals surface area contributed by atoms with E-state index in [1.807, 2.05) is 25.3 Å². The molecule has 0 aliphatic heterocycles.